The zero-order valence-electron chi connectivity index (χ0n) is 8.84. The average Bonchev–Trinajstić information content (AvgIpc) is 2.76. The molecule has 2 aromatic heterocycles. The lowest BCUT2D eigenvalue weighted by Gasteiger charge is -1.96. The van der Waals surface area contributed by atoms with Gasteiger partial charge in [-0.3, -0.25) is 0 Å². The van der Waals surface area contributed by atoms with Crippen LogP contribution in [0.5, 0.6) is 0 Å². The van der Waals surface area contributed by atoms with Crippen LogP contribution in [0.3, 0.4) is 0 Å². The molecule has 0 aliphatic heterocycles. The van der Waals surface area contributed by atoms with Crippen molar-refractivity contribution < 1.29 is 0 Å². The molecular formula is C9H12N4S2. The van der Waals surface area contributed by atoms with Crippen molar-refractivity contribution in [1.82, 2.24) is 19.2 Å². The van der Waals surface area contributed by atoms with Crippen molar-refractivity contribution in [3.63, 3.8) is 0 Å². The molecule has 0 saturated heterocycles. The minimum atomic E-state index is 0.366. The minimum Gasteiger partial charge on any atom is -0.233 e. The van der Waals surface area contributed by atoms with Crippen LogP contribution in [0.25, 0.3) is 0 Å². The van der Waals surface area contributed by atoms with Gasteiger partial charge in [0.25, 0.3) is 0 Å². The number of aromatic nitrogens is 4. The van der Waals surface area contributed by atoms with Crippen molar-refractivity contribution in [3.8, 4) is 0 Å². The van der Waals surface area contributed by atoms with E-state index >= 15 is 0 Å². The molecule has 0 saturated carbocycles. The molecule has 2 heterocycles. The maximum Gasteiger partial charge on any atom is 0.172 e. The highest BCUT2D eigenvalue weighted by molar-refractivity contribution is 7.99. The van der Waals surface area contributed by atoms with E-state index in [9.17, 15) is 0 Å². The van der Waals surface area contributed by atoms with Gasteiger partial charge < -0.3 is 0 Å². The summed E-state index contributed by atoms with van der Waals surface area (Å²) < 4.78 is 2.75. The Labute approximate surface area is 96.9 Å². The molecule has 0 N–H and O–H groups in total. The molecule has 0 spiro atoms. The molecular weight excluding hydrogens is 228 g/mol. The maximum absolute atomic E-state index is 4.35. The Morgan fingerprint density at radius 1 is 1.47 bits per heavy atom. The first kappa shape index (κ1) is 10.6. The summed E-state index contributed by atoms with van der Waals surface area (Å²) in [5.41, 5.74) is 1.05. The van der Waals surface area contributed by atoms with Crippen molar-refractivity contribution in [2.75, 3.05) is 0 Å². The normalized spacial score (nSPS) is 11.2. The average molecular weight is 240 g/mol. The summed E-state index contributed by atoms with van der Waals surface area (Å²) in [5, 5.41) is 6.38. The van der Waals surface area contributed by atoms with Crippen LogP contribution in [0.1, 0.15) is 31.3 Å². The number of rotatable bonds is 3. The van der Waals surface area contributed by atoms with E-state index in [0.717, 1.165) is 15.9 Å². The summed E-state index contributed by atoms with van der Waals surface area (Å²) >= 11 is 3.12. The minimum absolute atomic E-state index is 0.366. The Balaban J connectivity index is 2.11. The molecule has 0 aliphatic rings. The van der Waals surface area contributed by atoms with Gasteiger partial charge in [-0.25, -0.2) is 9.97 Å². The fraction of sp³-hybridized carbons (Fsp3) is 0.444. The van der Waals surface area contributed by atoms with Gasteiger partial charge >= 0.3 is 0 Å². The smallest absolute Gasteiger partial charge is 0.172 e. The van der Waals surface area contributed by atoms with Gasteiger partial charge in [0.2, 0.25) is 0 Å². The number of hydrogen-bond donors (Lipinski definition) is 0. The molecule has 0 bridgehead atoms. The van der Waals surface area contributed by atoms with E-state index in [1.807, 2.05) is 12.3 Å². The quantitative estimate of drug-likeness (QED) is 0.827. The zero-order valence-corrected chi connectivity index (χ0v) is 10.5. The molecule has 80 valence electrons. The number of hydrogen-bond acceptors (Lipinski definition) is 5. The van der Waals surface area contributed by atoms with Crippen molar-refractivity contribution in [2.45, 2.75) is 31.0 Å². The van der Waals surface area contributed by atoms with E-state index in [1.165, 1.54) is 11.9 Å². The van der Waals surface area contributed by atoms with E-state index in [0.29, 0.717) is 5.92 Å². The summed E-state index contributed by atoms with van der Waals surface area (Å²) in [6, 6.07) is 0. The fourth-order valence-electron chi connectivity index (χ4n) is 1.02. The molecule has 0 unspecified atom stereocenters. The van der Waals surface area contributed by atoms with Gasteiger partial charge in [-0.15, -0.1) is 16.4 Å². The topological polar surface area (TPSA) is 43.6 Å². The van der Waals surface area contributed by atoms with Crippen molar-refractivity contribution in [1.29, 1.82) is 0 Å². The highest BCUT2D eigenvalue weighted by Crippen LogP contribution is 2.23. The lowest BCUT2D eigenvalue weighted by Crippen LogP contribution is -1.92. The van der Waals surface area contributed by atoms with Crippen molar-refractivity contribution >= 4 is 23.3 Å². The first-order valence-corrected chi connectivity index (χ1v) is 6.32. The van der Waals surface area contributed by atoms with Crippen molar-refractivity contribution in [2.24, 2.45) is 0 Å². The van der Waals surface area contributed by atoms with E-state index in [-0.39, 0.29) is 0 Å². The fourth-order valence-corrected chi connectivity index (χ4v) is 2.65. The van der Waals surface area contributed by atoms with Crippen LogP contribution >= 0.6 is 23.3 Å². The maximum atomic E-state index is 4.35. The predicted molar refractivity (Wildman–Crippen MR) is 62.2 cm³/mol. The molecule has 6 heteroatoms. The number of aryl methyl sites for hydroxylation is 1. The third-order valence-corrected chi connectivity index (χ3v) is 3.65. The Bertz CT molecular complexity index is 446. The second-order valence-electron chi connectivity index (χ2n) is 3.51. The van der Waals surface area contributed by atoms with Gasteiger partial charge in [0.1, 0.15) is 6.33 Å². The molecule has 0 aliphatic carbocycles. The second kappa shape index (κ2) is 4.32. The van der Waals surface area contributed by atoms with Crippen LogP contribution in [0, 0.1) is 6.92 Å². The van der Waals surface area contributed by atoms with Crippen molar-refractivity contribution in [3.05, 3.63) is 23.2 Å². The van der Waals surface area contributed by atoms with Gasteiger partial charge in [0, 0.05) is 28.9 Å². The van der Waals surface area contributed by atoms with Gasteiger partial charge in [-0.05, 0) is 6.92 Å². The zero-order chi connectivity index (χ0) is 10.8. The third kappa shape index (κ3) is 2.57. The molecule has 2 aromatic rings. The summed E-state index contributed by atoms with van der Waals surface area (Å²) in [6.07, 6.45) is 1.73. The van der Waals surface area contributed by atoms with E-state index < -0.39 is 0 Å². The van der Waals surface area contributed by atoms with Crippen LogP contribution in [-0.2, 0) is 0 Å². The molecule has 2 rings (SSSR count). The highest BCUT2D eigenvalue weighted by atomic mass is 32.2. The lowest BCUT2D eigenvalue weighted by molar-refractivity contribution is 0.774. The van der Waals surface area contributed by atoms with Gasteiger partial charge in [0.15, 0.2) is 10.2 Å². The van der Waals surface area contributed by atoms with E-state index in [2.05, 4.69) is 28.9 Å². The Kier molecular flexibility index (Phi) is 3.06. The summed E-state index contributed by atoms with van der Waals surface area (Å²) in [4.78, 5) is 8.58. The van der Waals surface area contributed by atoms with Gasteiger partial charge in [-0.1, -0.05) is 13.8 Å². The SMILES string of the molecule is Cc1csc(Sn2cnc(C(C)C)n2)n1. The third-order valence-electron chi connectivity index (χ3n) is 1.78. The largest absolute Gasteiger partial charge is 0.233 e. The summed E-state index contributed by atoms with van der Waals surface area (Å²) in [6.45, 7) is 6.15. The van der Waals surface area contributed by atoms with Crippen LogP contribution in [0.2, 0.25) is 0 Å². The molecule has 0 atom stereocenters. The monoisotopic (exact) mass is 240 g/mol. The van der Waals surface area contributed by atoms with E-state index in [4.69, 9.17) is 0 Å². The summed E-state index contributed by atoms with van der Waals surface area (Å²) in [7, 11) is 0. The Hall–Kier alpha value is -0.880. The molecule has 4 nitrogen and oxygen atoms in total. The Morgan fingerprint density at radius 3 is 2.80 bits per heavy atom. The van der Waals surface area contributed by atoms with Crippen LogP contribution < -0.4 is 0 Å². The molecule has 15 heavy (non-hydrogen) atoms. The highest BCUT2D eigenvalue weighted by Gasteiger charge is 2.07. The van der Waals surface area contributed by atoms with Crippen LogP contribution in [0.4, 0.5) is 0 Å². The summed E-state index contributed by atoms with van der Waals surface area (Å²) in [5.74, 6) is 1.24. The molecule has 0 fully saturated rings. The standard InChI is InChI=1S/C9H12N4S2/c1-6(2)8-10-5-13(12-8)15-9-11-7(3)4-14-9/h4-6H,1-3H3. The van der Waals surface area contributed by atoms with Crippen LogP contribution in [0.15, 0.2) is 16.0 Å². The van der Waals surface area contributed by atoms with Crippen LogP contribution in [-0.4, -0.2) is 19.2 Å². The number of thiazole rings is 1. The number of nitrogens with zero attached hydrogens (tertiary/aromatic N) is 4. The predicted octanol–water partition coefficient (Wildman–Crippen LogP) is 2.72. The molecule has 0 amide bonds. The first-order chi connectivity index (χ1) is 7.15. The lowest BCUT2D eigenvalue weighted by atomic mass is 10.2. The molecule has 0 aromatic carbocycles. The van der Waals surface area contributed by atoms with Gasteiger partial charge in [-0.2, -0.15) is 4.09 Å². The van der Waals surface area contributed by atoms with E-state index in [1.54, 1.807) is 21.8 Å². The first-order valence-electron chi connectivity index (χ1n) is 4.67. The Morgan fingerprint density at radius 2 is 2.27 bits per heavy atom. The second-order valence-corrected chi connectivity index (χ2v) is 5.57. The van der Waals surface area contributed by atoms with Gasteiger partial charge in [0.05, 0.1) is 0 Å². The molecule has 0 radical (unpaired) electrons.